The summed E-state index contributed by atoms with van der Waals surface area (Å²) in [7, 11) is 1.65. The molecule has 1 aromatic rings. The first-order chi connectivity index (χ1) is 10.2. The molecule has 0 aliphatic carbocycles. The predicted molar refractivity (Wildman–Crippen MR) is 84.7 cm³/mol. The molecule has 114 valence electrons. The van der Waals surface area contributed by atoms with Crippen molar-refractivity contribution in [3.8, 4) is 11.8 Å². The first-order valence-corrected chi connectivity index (χ1v) is 7.31. The molecule has 4 heteroatoms. The molecule has 0 aromatic heterocycles. The standard InChI is InChI=1S/C17H24N2O2/c1-3-11-19(14-17(21)18-2)13-16-10-5-4-8-15(16)9-6-7-12-20/h4-5,8,10,20H,3,7,11-14H2,1-2H3,(H,18,21). The fourth-order valence-electron chi connectivity index (χ4n) is 2.05. The number of nitrogens with one attached hydrogen (secondary N) is 1. The van der Waals surface area contributed by atoms with Crippen molar-refractivity contribution < 1.29 is 9.90 Å². The van der Waals surface area contributed by atoms with E-state index in [1.807, 2.05) is 24.3 Å². The van der Waals surface area contributed by atoms with Crippen LogP contribution in [-0.2, 0) is 11.3 Å². The van der Waals surface area contributed by atoms with Crippen molar-refractivity contribution in [3.05, 3.63) is 35.4 Å². The zero-order chi connectivity index (χ0) is 15.5. The molecule has 2 N–H and O–H groups in total. The molecule has 0 heterocycles. The number of carbonyl (C=O) groups is 1. The predicted octanol–water partition coefficient (Wildman–Crippen LogP) is 1.38. The van der Waals surface area contributed by atoms with E-state index >= 15 is 0 Å². The summed E-state index contributed by atoms with van der Waals surface area (Å²) in [6.45, 7) is 4.14. The first kappa shape index (κ1) is 17.2. The zero-order valence-electron chi connectivity index (χ0n) is 12.9. The van der Waals surface area contributed by atoms with Crippen LogP contribution in [0, 0.1) is 11.8 Å². The van der Waals surface area contributed by atoms with Gasteiger partial charge in [0, 0.05) is 25.6 Å². The molecule has 1 amide bonds. The average molecular weight is 288 g/mol. The molecule has 0 aliphatic rings. The van der Waals surface area contributed by atoms with Crippen molar-refractivity contribution in [3.63, 3.8) is 0 Å². The van der Waals surface area contributed by atoms with Gasteiger partial charge in [-0.15, -0.1) is 0 Å². The van der Waals surface area contributed by atoms with Gasteiger partial charge in [-0.2, -0.15) is 0 Å². The van der Waals surface area contributed by atoms with Gasteiger partial charge in [0.1, 0.15) is 0 Å². The molecule has 0 aliphatic heterocycles. The maximum Gasteiger partial charge on any atom is 0.233 e. The van der Waals surface area contributed by atoms with Crippen LogP contribution in [0.4, 0.5) is 0 Å². The van der Waals surface area contributed by atoms with E-state index in [1.54, 1.807) is 7.05 Å². The van der Waals surface area contributed by atoms with Crippen molar-refractivity contribution >= 4 is 5.91 Å². The first-order valence-electron chi connectivity index (χ1n) is 7.31. The maximum absolute atomic E-state index is 11.6. The van der Waals surface area contributed by atoms with Crippen molar-refractivity contribution in [2.24, 2.45) is 0 Å². The number of hydrogen-bond acceptors (Lipinski definition) is 3. The minimum atomic E-state index is 0.0206. The molecule has 0 spiro atoms. The summed E-state index contributed by atoms with van der Waals surface area (Å²) in [5.41, 5.74) is 2.07. The smallest absolute Gasteiger partial charge is 0.233 e. The number of amides is 1. The number of aliphatic hydroxyl groups is 1. The Hall–Kier alpha value is -1.83. The van der Waals surface area contributed by atoms with Crippen LogP contribution in [0.3, 0.4) is 0 Å². The lowest BCUT2D eigenvalue weighted by atomic mass is 10.1. The molecule has 1 aromatic carbocycles. The molecule has 1 rings (SSSR count). The lowest BCUT2D eigenvalue weighted by Crippen LogP contribution is -2.35. The summed E-state index contributed by atoms with van der Waals surface area (Å²) in [6, 6.07) is 7.95. The summed E-state index contributed by atoms with van der Waals surface area (Å²) in [4.78, 5) is 13.7. The Kier molecular flexibility index (Phi) is 8.18. The number of benzene rings is 1. The summed E-state index contributed by atoms with van der Waals surface area (Å²) in [5.74, 6) is 6.06. The van der Waals surface area contributed by atoms with Gasteiger partial charge in [0.2, 0.25) is 5.91 Å². The SMILES string of the molecule is CCCN(CC(=O)NC)Cc1ccccc1C#CCCO. The van der Waals surface area contributed by atoms with Gasteiger partial charge in [0.05, 0.1) is 13.2 Å². The van der Waals surface area contributed by atoms with Crippen LogP contribution in [0.25, 0.3) is 0 Å². The molecule has 21 heavy (non-hydrogen) atoms. The number of aliphatic hydroxyl groups excluding tert-OH is 1. The van der Waals surface area contributed by atoms with Crippen LogP contribution in [0.5, 0.6) is 0 Å². The van der Waals surface area contributed by atoms with Crippen LogP contribution in [0.2, 0.25) is 0 Å². The largest absolute Gasteiger partial charge is 0.395 e. The van der Waals surface area contributed by atoms with Crippen LogP contribution >= 0.6 is 0 Å². The van der Waals surface area contributed by atoms with Crippen LogP contribution < -0.4 is 5.32 Å². The molecule has 4 nitrogen and oxygen atoms in total. The zero-order valence-corrected chi connectivity index (χ0v) is 12.9. The second-order valence-electron chi connectivity index (χ2n) is 4.82. The van der Waals surface area contributed by atoms with Crippen molar-refractivity contribution in [2.75, 3.05) is 26.7 Å². The van der Waals surface area contributed by atoms with Crippen LogP contribution in [0.15, 0.2) is 24.3 Å². The Bertz CT molecular complexity index is 503. The van der Waals surface area contributed by atoms with Crippen LogP contribution in [-0.4, -0.2) is 42.7 Å². The molecule has 0 atom stereocenters. The van der Waals surface area contributed by atoms with Gasteiger partial charge < -0.3 is 10.4 Å². The van der Waals surface area contributed by atoms with Crippen molar-refractivity contribution in [1.82, 2.24) is 10.2 Å². The number of rotatable bonds is 7. The molecule has 0 saturated carbocycles. The average Bonchev–Trinajstić information content (AvgIpc) is 2.49. The molecular weight excluding hydrogens is 264 g/mol. The molecule has 0 radical (unpaired) electrons. The molecular formula is C17H24N2O2. The normalized spacial score (nSPS) is 10.1. The van der Waals surface area contributed by atoms with Gasteiger partial charge in [-0.05, 0) is 24.6 Å². The second-order valence-corrected chi connectivity index (χ2v) is 4.82. The highest BCUT2D eigenvalue weighted by Gasteiger charge is 2.11. The van der Waals surface area contributed by atoms with Gasteiger partial charge in [-0.3, -0.25) is 9.69 Å². The summed E-state index contributed by atoms with van der Waals surface area (Å²) < 4.78 is 0. The third-order valence-electron chi connectivity index (χ3n) is 3.06. The van der Waals surface area contributed by atoms with Crippen molar-refractivity contribution in [1.29, 1.82) is 0 Å². The number of carbonyl (C=O) groups excluding carboxylic acids is 1. The number of likely N-dealkylation sites (N-methyl/N-ethyl adjacent to an activating group) is 1. The number of nitrogens with zero attached hydrogens (tertiary/aromatic N) is 1. The van der Waals surface area contributed by atoms with E-state index in [0.717, 1.165) is 24.1 Å². The fourth-order valence-corrected chi connectivity index (χ4v) is 2.05. The monoisotopic (exact) mass is 288 g/mol. The van der Waals surface area contributed by atoms with Gasteiger partial charge >= 0.3 is 0 Å². The Morgan fingerprint density at radius 2 is 2.14 bits per heavy atom. The van der Waals surface area contributed by atoms with Crippen molar-refractivity contribution in [2.45, 2.75) is 26.3 Å². The quantitative estimate of drug-likeness (QED) is 0.745. The number of hydrogen-bond donors (Lipinski definition) is 2. The van der Waals surface area contributed by atoms with Gasteiger partial charge in [-0.25, -0.2) is 0 Å². The third-order valence-corrected chi connectivity index (χ3v) is 3.06. The van der Waals surface area contributed by atoms with E-state index in [2.05, 4.69) is 29.0 Å². The van der Waals surface area contributed by atoms with E-state index in [9.17, 15) is 4.79 Å². The summed E-state index contributed by atoms with van der Waals surface area (Å²) >= 11 is 0. The minimum absolute atomic E-state index is 0.0206. The van der Waals surface area contributed by atoms with E-state index in [-0.39, 0.29) is 12.5 Å². The Labute approximate surface area is 127 Å². The molecule has 0 saturated heterocycles. The maximum atomic E-state index is 11.6. The Morgan fingerprint density at radius 3 is 2.81 bits per heavy atom. The highest BCUT2D eigenvalue weighted by Crippen LogP contribution is 2.11. The Balaban J connectivity index is 2.83. The lowest BCUT2D eigenvalue weighted by Gasteiger charge is -2.21. The van der Waals surface area contributed by atoms with Gasteiger partial charge in [-0.1, -0.05) is 37.0 Å². The van der Waals surface area contributed by atoms with E-state index in [1.165, 1.54) is 0 Å². The minimum Gasteiger partial charge on any atom is -0.395 e. The van der Waals surface area contributed by atoms with E-state index in [4.69, 9.17) is 5.11 Å². The Morgan fingerprint density at radius 1 is 1.38 bits per heavy atom. The third kappa shape index (κ3) is 6.44. The van der Waals surface area contributed by atoms with Gasteiger partial charge in [0.25, 0.3) is 0 Å². The van der Waals surface area contributed by atoms with Crippen LogP contribution in [0.1, 0.15) is 30.9 Å². The highest BCUT2D eigenvalue weighted by atomic mass is 16.2. The van der Waals surface area contributed by atoms with E-state index in [0.29, 0.717) is 19.5 Å². The lowest BCUT2D eigenvalue weighted by molar-refractivity contribution is -0.121. The molecule has 0 bridgehead atoms. The summed E-state index contributed by atoms with van der Waals surface area (Å²) in [6.07, 6.45) is 1.47. The fraction of sp³-hybridized carbons (Fsp3) is 0.471. The molecule has 0 unspecified atom stereocenters. The van der Waals surface area contributed by atoms with Gasteiger partial charge in [0.15, 0.2) is 0 Å². The molecule has 0 fully saturated rings. The summed E-state index contributed by atoms with van der Waals surface area (Å²) in [5, 5.41) is 11.5. The topological polar surface area (TPSA) is 52.6 Å². The van der Waals surface area contributed by atoms with E-state index < -0.39 is 0 Å². The second kappa shape index (κ2) is 9.98. The highest BCUT2D eigenvalue weighted by molar-refractivity contribution is 5.77.